The van der Waals surface area contributed by atoms with Crippen molar-refractivity contribution in [3.05, 3.63) is 28.8 Å². The van der Waals surface area contributed by atoms with E-state index in [0.29, 0.717) is 6.04 Å². The minimum absolute atomic E-state index is 0.602. The number of halogens is 1. The summed E-state index contributed by atoms with van der Waals surface area (Å²) in [5.41, 5.74) is 2.30. The zero-order valence-electron chi connectivity index (χ0n) is 11.0. The molecule has 1 aromatic carbocycles. The maximum absolute atomic E-state index is 6.15. The largest absolute Gasteiger partial charge is 0.382 e. The number of anilines is 1. The first-order chi connectivity index (χ1) is 8.06. The smallest absolute Gasteiger partial charge is 0.0455 e. The van der Waals surface area contributed by atoms with E-state index in [1.54, 1.807) is 0 Å². The Morgan fingerprint density at radius 1 is 1.24 bits per heavy atom. The third-order valence-electron chi connectivity index (χ3n) is 3.96. The first-order valence-corrected chi connectivity index (χ1v) is 6.96. The second-order valence-electron chi connectivity index (χ2n) is 5.61. The molecule has 1 N–H and O–H groups in total. The van der Waals surface area contributed by atoms with Crippen LogP contribution in [0.4, 0.5) is 5.69 Å². The molecule has 1 aromatic rings. The van der Waals surface area contributed by atoms with Crippen molar-refractivity contribution in [1.82, 2.24) is 0 Å². The van der Waals surface area contributed by atoms with Gasteiger partial charge in [-0.05, 0) is 55.7 Å². The Kier molecular flexibility index (Phi) is 3.98. The van der Waals surface area contributed by atoms with Gasteiger partial charge in [-0.1, -0.05) is 31.5 Å². The Morgan fingerprint density at radius 3 is 2.65 bits per heavy atom. The van der Waals surface area contributed by atoms with Crippen LogP contribution in [0.5, 0.6) is 0 Å². The van der Waals surface area contributed by atoms with Crippen molar-refractivity contribution in [2.75, 3.05) is 5.32 Å². The number of benzene rings is 1. The molecular weight excluding hydrogens is 230 g/mol. The van der Waals surface area contributed by atoms with E-state index in [-0.39, 0.29) is 0 Å². The van der Waals surface area contributed by atoms with Gasteiger partial charge in [0, 0.05) is 16.8 Å². The van der Waals surface area contributed by atoms with Gasteiger partial charge < -0.3 is 5.32 Å². The summed E-state index contributed by atoms with van der Waals surface area (Å²) in [5.74, 6) is 1.63. The van der Waals surface area contributed by atoms with E-state index in [4.69, 9.17) is 11.6 Å². The van der Waals surface area contributed by atoms with E-state index in [1.165, 1.54) is 19.3 Å². The monoisotopic (exact) mass is 251 g/mol. The van der Waals surface area contributed by atoms with Crippen molar-refractivity contribution in [1.29, 1.82) is 0 Å². The SMILES string of the molecule is Cc1ccc(NC2CCC(C)CC2C)cc1Cl. The molecule has 0 radical (unpaired) electrons. The summed E-state index contributed by atoms with van der Waals surface area (Å²) in [6, 6.07) is 6.86. The van der Waals surface area contributed by atoms with Gasteiger partial charge in [-0.25, -0.2) is 0 Å². The van der Waals surface area contributed by atoms with Crippen LogP contribution in [0, 0.1) is 18.8 Å². The fraction of sp³-hybridized carbons (Fsp3) is 0.600. The number of hydrogen-bond acceptors (Lipinski definition) is 1. The Balaban J connectivity index is 2.02. The second-order valence-corrected chi connectivity index (χ2v) is 6.02. The van der Waals surface area contributed by atoms with Gasteiger partial charge in [0.25, 0.3) is 0 Å². The molecule has 1 aliphatic carbocycles. The number of hydrogen-bond donors (Lipinski definition) is 1. The molecule has 17 heavy (non-hydrogen) atoms. The van der Waals surface area contributed by atoms with Crippen LogP contribution in [0.3, 0.4) is 0 Å². The maximum atomic E-state index is 6.15. The third-order valence-corrected chi connectivity index (χ3v) is 4.36. The van der Waals surface area contributed by atoms with Crippen LogP contribution in [0.25, 0.3) is 0 Å². The Labute approximate surface area is 110 Å². The zero-order valence-corrected chi connectivity index (χ0v) is 11.7. The van der Waals surface area contributed by atoms with Gasteiger partial charge in [0.15, 0.2) is 0 Å². The molecule has 0 bridgehead atoms. The van der Waals surface area contributed by atoms with E-state index >= 15 is 0 Å². The van der Waals surface area contributed by atoms with Crippen molar-refractivity contribution in [2.45, 2.75) is 46.1 Å². The fourth-order valence-electron chi connectivity index (χ4n) is 2.78. The van der Waals surface area contributed by atoms with Crippen LogP contribution < -0.4 is 5.32 Å². The van der Waals surface area contributed by atoms with Gasteiger partial charge in [-0.2, -0.15) is 0 Å². The topological polar surface area (TPSA) is 12.0 Å². The molecule has 2 heteroatoms. The highest BCUT2D eigenvalue weighted by atomic mass is 35.5. The van der Waals surface area contributed by atoms with Crippen molar-refractivity contribution in [2.24, 2.45) is 11.8 Å². The van der Waals surface area contributed by atoms with Gasteiger partial charge in [0.05, 0.1) is 0 Å². The van der Waals surface area contributed by atoms with E-state index in [0.717, 1.165) is 28.1 Å². The Hall–Kier alpha value is -0.690. The number of nitrogens with one attached hydrogen (secondary N) is 1. The number of aryl methyl sites for hydroxylation is 1. The van der Waals surface area contributed by atoms with E-state index in [9.17, 15) is 0 Å². The lowest BCUT2D eigenvalue weighted by atomic mass is 9.80. The minimum Gasteiger partial charge on any atom is -0.382 e. The molecule has 3 unspecified atom stereocenters. The quantitative estimate of drug-likeness (QED) is 0.790. The molecule has 0 aliphatic heterocycles. The van der Waals surface area contributed by atoms with Gasteiger partial charge in [0.2, 0.25) is 0 Å². The van der Waals surface area contributed by atoms with Crippen LogP contribution in [0.1, 0.15) is 38.7 Å². The second kappa shape index (κ2) is 5.30. The van der Waals surface area contributed by atoms with Gasteiger partial charge >= 0.3 is 0 Å². The normalized spacial score (nSPS) is 29.1. The first kappa shape index (κ1) is 12.8. The van der Waals surface area contributed by atoms with Crippen LogP contribution in [-0.2, 0) is 0 Å². The van der Waals surface area contributed by atoms with Crippen molar-refractivity contribution in [3.8, 4) is 0 Å². The van der Waals surface area contributed by atoms with E-state index in [2.05, 4.69) is 31.3 Å². The van der Waals surface area contributed by atoms with Gasteiger partial charge in [-0.3, -0.25) is 0 Å². The molecule has 0 amide bonds. The molecule has 1 nitrogen and oxygen atoms in total. The number of rotatable bonds is 2. The molecule has 0 heterocycles. The molecule has 1 aliphatic rings. The maximum Gasteiger partial charge on any atom is 0.0455 e. The fourth-order valence-corrected chi connectivity index (χ4v) is 2.96. The first-order valence-electron chi connectivity index (χ1n) is 6.59. The van der Waals surface area contributed by atoms with Crippen LogP contribution >= 0.6 is 11.6 Å². The van der Waals surface area contributed by atoms with Crippen LogP contribution in [0.15, 0.2) is 18.2 Å². The molecule has 3 atom stereocenters. The molecule has 1 saturated carbocycles. The van der Waals surface area contributed by atoms with Crippen LogP contribution in [-0.4, -0.2) is 6.04 Å². The summed E-state index contributed by atoms with van der Waals surface area (Å²) >= 11 is 6.15. The summed E-state index contributed by atoms with van der Waals surface area (Å²) in [6.07, 6.45) is 3.94. The van der Waals surface area contributed by atoms with Crippen molar-refractivity contribution in [3.63, 3.8) is 0 Å². The highest BCUT2D eigenvalue weighted by molar-refractivity contribution is 6.31. The van der Waals surface area contributed by atoms with Gasteiger partial charge in [0.1, 0.15) is 0 Å². The van der Waals surface area contributed by atoms with Crippen LogP contribution in [0.2, 0.25) is 5.02 Å². The summed E-state index contributed by atoms with van der Waals surface area (Å²) in [6.45, 7) is 6.75. The highest BCUT2D eigenvalue weighted by Gasteiger charge is 2.25. The highest BCUT2D eigenvalue weighted by Crippen LogP contribution is 2.31. The summed E-state index contributed by atoms with van der Waals surface area (Å²) in [5, 5.41) is 4.49. The molecule has 0 saturated heterocycles. The molecule has 94 valence electrons. The standard InChI is InChI=1S/C15H22ClN/c1-10-4-7-15(12(3)8-10)17-13-6-5-11(2)14(16)9-13/h5-6,9-10,12,15,17H,4,7-8H2,1-3H3. The molecular formula is C15H22ClN. The Bertz CT molecular complexity index is 389. The molecule has 0 aromatic heterocycles. The van der Waals surface area contributed by atoms with Crippen molar-refractivity contribution < 1.29 is 0 Å². The lowest BCUT2D eigenvalue weighted by molar-refractivity contribution is 0.276. The Morgan fingerprint density at radius 2 is 2.00 bits per heavy atom. The average Bonchev–Trinajstić information content (AvgIpc) is 2.27. The average molecular weight is 252 g/mol. The van der Waals surface area contributed by atoms with E-state index in [1.807, 2.05) is 13.0 Å². The summed E-state index contributed by atoms with van der Waals surface area (Å²) in [7, 11) is 0. The minimum atomic E-state index is 0.602. The molecule has 0 spiro atoms. The summed E-state index contributed by atoms with van der Waals surface area (Å²) in [4.78, 5) is 0. The van der Waals surface area contributed by atoms with E-state index < -0.39 is 0 Å². The lowest BCUT2D eigenvalue weighted by Crippen LogP contribution is -2.32. The van der Waals surface area contributed by atoms with Crippen molar-refractivity contribution >= 4 is 17.3 Å². The van der Waals surface area contributed by atoms with Gasteiger partial charge in [-0.15, -0.1) is 0 Å². The predicted octanol–water partition coefficient (Wildman–Crippen LogP) is 4.89. The molecule has 1 fully saturated rings. The zero-order chi connectivity index (χ0) is 12.4. The predicted molar refractivity (Wildman–Crippen MR) is 75.8 cm³/mol. The summed E-state index contributed by atoms with van der Waals surface area (Å²) < 4.78 is 0. The molecule has 2 rings (SSSR count). The lowest BCUT2D eigenvalue weighted by Gasteiger charge is -2.33. The third kappa shape index (κ3) is 3.16.